The molecule has 0 fully saturated rings. The first-order valence-corrected chi connectivity index (χ1v) is 10.0. The number of hydrazone groups is 1. The first-order valence-electron chi connectivity index (χ1n) is 8.46. The van der Waals surface area contributed by atoms with E-state index in [1.807, 2.05) is 49.4 Å². The molecule has 138 valence electrons. The topological polar surface area (TPSA) is 46.4 Å². The van der Waals surface area contributed by atoms with Crippen molar-refractivity contribution in [3.8, 4) is 5.69 Å². The third-order valence-electron chi connectivity index (χ3n) is 4.23. The van der Waals surface area contributed by atoms with Crippen LogP contribution in [0.5, 0.6) is 0 Å². The van der Waals surface area contributed by atoms with Crippen LogP contribution in [-0.4, -0.2) is 16.7 Å². The Kier molecular flexibility index (Phi) is 6.29. The molecule has 0 radical (unpaired) electrons. The second-order valence-corrected chi connectivity index (χ2v) is 7.98. The van der Waals surface area contributed by atoms with Crippen molar-refractivity contribution in [1.82, 2.24) is 9.99 Å². The highest BCUT2D eigenvalue weighted by molar-refractivity contribution is 9.10. The number of carbonyl (C=O) groups excluding carboxylic acids is 1. The van der Waals surface area contributed by atoms with Gasteiger partial charge in [0.15, 0.2) is 0 Å². The lowest BCUT2D eigenvalue weighted by atomic mass is 10.1. The largest absolute Gasteiger partial charge is 0.317 e. The lowest BCUT2D eigenvalue weighted by molar-refractivity contribution is -0.120. The summed E-state index contributed by atoms with van der Waals surface area (Å²) in [4.78, 5) is 12.1. The van der Waals surface area contributed by atoms with Gasteiger partial charge >= 0.3 is 0 Å². The van der Waals surface area contributed by atoms with Crippen molar-refractivity contribution in [2.24, 2.45) is 5.10 Å². The Morgan fingerprint density at radius 2 is 1.81 bits per heavy atom. The summed E-state index contributed by atoms with van der Waals surface area (Å²) in [7, 11) is 0. The second kappa shape index (κ2) is 8.67. The van der Waals surface area contributed by atoms with Crippen LogP contribution in [0.1, 0.15) is 22.5 Å². The van der Waals surface area contributed by atoms with Gasteiger partial charge in [-0.05, 0) is 65.7 Å². The molecule has 27 heavy (non-hydrogen) atoms. The van der Waals surface area contributed by atoms with Crippen molar-refractivity contribution in [2.45, 2.75) is 20.3 Å². The van der Waals surface area contributed by atoms with Crippen molar-refractivity contribution >= 4 is 44.0 Å². The number of halogens is 2. The van der Waals surface area contributed by atoms with E-state index in [4.69, 9.17) is 0 Å². The Labute approximate surface area is 175 Å². The summed E-state index contributed by atoms with van der Waals surface area (Å²) in [6.07, 6.45) is 1.98. The molecule has 2 aromatic carbocycles. The molecule has 1 aromatic heterocycles. The highest BCUT2D eigenvalue weighted by atomic mass is 79.9. The number of hydrogen-bond donors (Lipinski definition) is 1. The Balaban J connectivity index is 1.71. The minimum absolute atomic E-state index is 0.145. The van der Waals surface area contributed by atoms with Gasteiger partial charge in [0.05, 0.1) is 18.3 Å². The van der Waals surface area contributed by atoms with Gasteiger partial charge in [0.25, 0.3) is 0 Å². The molecule has 0 saturated carbocycles. The van der Waals surface area contributed by atoms with Gasteiger partial charge in [-0.3, -0.25) is 4.79 Å². The van der Waals surface area contributed by atoms with Crippen LogP contribution < -0.4 is 5.43 Å². The number of amides is 1. The molecule has 0 atom stereocenters. The van der Waals surface area contributed by atoms with E-state index in [1.54, 1.807) is 6.21 Å². The molecule has 0 spiro atoms. The SMILES string of the molecule is Cc1cc(/C=N\NC(=O)Cc2ccc(Br)cc2)c(C)n1-c1ccccc1Br. The number of nitrogens with one attached hydrogen (secondary N) is 1. The van der Waals surface area contributed by atoms with Crippen molar-refractivity contribution in [3.05, 3.63) is 86.1 Å². The molecule has 1 heterocycles. The van der Waals surface area contributed by atoms with E-state index in [0.717, 1.165) is 37.1 Å². The second-order valence-electron chi connectivity index (χ2n) is 6.21. The van der Waals surface area contributed by atoms with Gasteiger partial charge in [0.1, 0.15) is 0 Å². The number of rotatable bonds is 5. The summed E-state index contributed by atoms with van der Waals surface area (Å²) in [6, 6.07) is 17.8. The van der Waals surface area contributed by atoms with E-state index in [1.165, 1.54) is 0 Å². The molecule has 6 heteroatoms. The van der Waals surface area contributed by atoms with Crippen LogP contribution in [0.3, 0.4) is 0 Å². The fourth-order valence-electron chi connectivity index (χ4n) is 2.92. The summed E-state index contributed by atoms with van der Waals surface area (Å²) in [5, 5.41) is 4.13. The van der Waals surface area contributed by atoms with E-state index < -0.39 is 0 Å². The van der Waals surface area contributed by atoms with E-state index >= 15 is 0 Å². The fraction of sp³-hybridized carbons (Fsp3) is 0.143. The number of hydrogen-bond acceptors (Lipinski definition) is 2. The Morgan fingerprint density at radius 1 is 1.11 bits per heavy atom. The number of para-hydroxylation sites is 1. The Bertz CT molecular complexity index is 991. The van der Waals surface area contributed by atoms with Gasteiger partial charge in [-0.25, -0.2) is 5.43 Å². The van der Waals surface area contributed by atoms with Gasteiger partial charge in [-0.15, -0.1) is 0 Å². The van der Waals surface area contributed by atoms with E-state index in [-0.39, 0.29) is 5.91 Å². The average molecular weight is 489 g/mol. The van der Waals surface area contributed by atoms with E-state index in [9.17, 15) is 4.79 Å². The smallest absolute Gasteiger partial charge is 0.244 e. The van der Waals surface area contributed by atoms with Crippen molar-refractivity contribution in [3.63, 3.8) is 0 Å². The summed E-state index contributed by atoms with van der Waals surface area (Å²) in [5.74, 6) is -0.145. The zero-order valence-electron chi connectivity index (χ0n) is 15.0. The van der Waals surface area contributed by atoms with Crippen LogP contribution in [0, 0.1) is 13.8 Å². The third-order valence-corrected chi connectivity index (χ3v) is 5.43. The lowest BCUT2D eigenvalue weighted by Gasteiger charge is -2.11. The zero-order valence-corrected chi connectivity index (χ0v) is 18.2. The Hall–Kier alpha value is -2.18. The monoisotopic (exact) mass is 487 g/mol. The highest BCUT2D eigenvalue weighted by Crippen LogP contribution is 2.26. The zero-order chi connectivity index (χ0) is 19.4. The summed E-state index contributed by atoms with van der Waals surface area (Å²) in [6.45, 7) is 4.09. The predicted molar refractivity (Wildman–Crippen MR) is 117 cm³/mol. The Morgan fingerprint density at radius 3 is 2.52 bits per heavy atom. The van der Waals surface area contributed by atoms with Crippen LogP contribution in [0.2, 0.25) is 0 Å². The molecule has 3 aromatic rings. The molecule has 0 aliphatic carbocycles. The predicted octanol–water partition coefficient (Wildman–Crippen LogP) is 5.31. The molecular formula is C21H19Br2N3O. The maximum atomic E-state index is 12.1. The average Bonchev–Trinajstić information content (AvgIpc) is 2.91. The number of nitrogens with zero attached hydrogens (tertiary/aromatic N) is 2. The van der Waals surface area contributed by atoms with Crippen LogP contribution in [0.15, 0.2) is 68.6 Å². The van der Waals surface area contributed by atoms with Crippen LogP contribution in [-0.2, 0) is 11.2 Å². The summed E-state index contributed by atoms with van der Waals surface area (Å²) >= 11 is 6.99. The first kappa shape index (κ1) is 19.6. The molecule has 1 amide bonds. The van der Waals surface area contributed by atoms with Gasteiger partial charge in [-0.1, -0.05) is 40.2 Å². The summed E-state index contributed by atoms with van der Waals surface area (Å²) in [5.41, 5.74) is 7.74. The molecule has 0 bridgehead atoms. The molecule has 3 rings (SSSR count). The fourth-order valence-corrected chi connectivity index (χ4v) is 3.65. The number of aromatic nitrogens is 1. The number of benzene rings is 2. The van der Waals surface area contributed by atoms with E-state index in [0.29, 0.717) is 6.42 Å². The van der Waals surface area contributed by atoms with Crippen molar-refractivity contribution in [1.29, 1.82) is 0 Å². The minimum atomic E-state index is -0.145. The van der Waals surface area contributed by atoms with Gasteiger partial charge in [0.2, 0.25) is 5.91 Å². The highest BCUT2D eigenvalue weighted by Gasteiger charge is 2.11. The van der Waals surface area contributed by atoms with E-state index in [2.05, 4.69) is 66.0 Å². The lowest BCUT2D eigenvalue weighted by Crippen LogP contribution is -2.19. The molecule has 4 nitrogen and oxygen atoms in total. The normalized spacial score (nSPS) is 11.1. The van der Waals surface area contributed by atoms with Gasteiger partial charge in [0, 0.05) is 25.9 Å². The van der Waals surface area contributed by atoms with Gasteiger partial charge in [-0.2, -0.15) is 5.10 Å². The standard InChI is InChI=1S/C21H19Br2N3O/c1-14-11-17(15(2)26(14)20-6-4-3-5-19(20)23)13-24-25-21(27)12-16-7-9-18(22)10-8-16/h3-11,13H,12H2,1-2H3,(H,25,27)/b24-13-. The molecule has 0 aliphatic rings. The van der Waals surface area contributed by atoms with Crippen LogP contribution >= 0.6 is 31.9 Å². The maximum Gasteiger partial charge on any atom is 0.244 e. The molecule has 0 saturated heterocycles. The van der Waals surface area contributed by atoms with Gasteiger partial charge < -0.3 is 4.57 Å². The summed E-state index contributed by atoms with van der Waals surface area (Å²) < 4.78 is 4.18. The molecule has 1 N–H and O–H groups in total. The van der Waals surface area contributed by atoms with Crippen LogP contribution in [0.4, 0.5) is 0 Å². The minimum Gasteiger partial charge on any atom is -0.317 e. The van der Waals surface area contributed by atoms with Crippen molar-refractivity contribution < 1.29 is 4.79 Å². The first-order chi connectivity index (χ1) is 13.0. The molecule has 0 unspecified atom stereocenters. The maximum absolute atomic E-state index is 12.1. The molecular weight excluding hydrogens is 470 g/mol. The molecule has 0 aliphatic heterocycles. The van der Waals surface area contributed by atoms with Crippen LogP contribution in [0.25, 0.3) is 5.69 Å². The third kappa shape index (κ3) is 4.76. The number of aryl methyl sites for hydroxylation is 1. The number of carbonyl (C=O) groups is 1. The van der Waals surface area contributed by atoms with Crippen molar-refractivity contribution in [2.75, 3.05) is 0 Å². The quantitative estimate of drug-likeness (QED) is 0.383.